The highest BCUT2D eigenvalue weighted by molar-refractivity contribution is 6.09. The van der Waals surface area contributed by atoms with Crippen molar-refractivity contribution < 1.29 is 14.8 Å². The Balaban J connectivity index is 2.16. The predicted molar refractivity (Wildman–Crippen MR) is 74.4 cm³/mol. The molecular weight excluding hydrogens is 256 g/mol. The second-order valence-corrected chi connectivity index (χ2v) is 4.35. The first-order valence-corrected chi connectivity index (χ1v) is 6.02. The Bertz CT molecular complexity index is 654. The summed E-state index contributed by atoms with van der Waals surface area (Å²) in [4.78, 5) is 25.9. The van der Waals surface area contributed by atoms with Crippen LogP contribution in [0.2, 0.25) is 0 Å². The van der Waals surface area contributed by atoms with E-state index in [4.69, 9.17) is 5.21 Å². The molecule has 0 saturated carbocycles. The number of amides is 1. The van der Waals surface area contributed by atoms with Crippen LogP contribution in [-0.4, -0.2) is 21.9 Å². The molecule has 0 aliphatic carbocycles. The standard InChI is InChI=1S/C15H14N2O3/c1-10-2-4-11(5-3-10)15(19)12-8-13(16-9-12)6-7-14(18)17-20/h2-9,16,20H,1H3,(H,17,18). The number of aryl methyl sites for hydroxylation is 1. The molecule has 5 nitrogen and oxygen atoms in total. The minimum Gasteiger partial charge on any atom is -0.361 e. The number of hydrogen-bond donors (Lipinski definition) is 3. The number of aromatic nitrogens is 1. The largest absolute Gasteiger partial charge is 0.361 e. The van der Waals surface area contributed by atoms with Gasteiger partial charge < -0.3 is 4.98 Å². The Kier molecular flexibility index (Phi) is 4.12. The van der Waals surface area contributed by atoms with Gasteiger partial charge in [0.05, 0.1) is 0 Å². The van der Waals surface area contributed by atoms with E-state index in [0.717, 1.165) is 11.6 Å². The fourth-order valence-corrected chi connectivity index (χ4v) is 1.71. The normalized spacial score (nSPS) is 10.7. The first-order chi connectivity index (χ1) is 9.60. The summed E-state index contributed by atoms with van der Waals surface area (Å²) >= 11 is 0. The lowest BCUT2D eigenvalue weighted by Crippen LogP contribution is -2.14. The minimum atomic E-state index is -0.633. The second kappa shape index (κ2) is 5.99. The third kappa shape index (κ3) is 3.21. The maximum atomic E-state index is 12.2. The third-order valence-electron chi connectivity index (χ3n) is 2.81. The molecule has 1 amide bonds. The van der Waals surface area contributed by atoms with E-state index in [1.165, 1.54) is 11.6 Å². The molecule has 0 atom stereocenters. The quantitative estimate of drug-likeness (QED) is 0.344. The number of benzene rings is 1. The molecule has 0 unspecified atom stereocenters. The average molecular weight is 270 g/mol. The van der Waals surface area contributed by atoms with Crippen LogP contribution in [0.1, 0.15) is 27.2 Å². The van der Waals surface area contributed by atoms with Gasteiger partial charge in [-0.05, 0) is 19.1 Å². The second-order valence-electron chi connectivity index (χ2n) is 4.35. The molecule has 0 fully saturated rings. The van der Waals surface area contributed by atoms with E-state index in [0.29, 0.717) is 16.8 Å². The van der Waals surface area contributed by atoms with Gasteiger partial charge in [0.1, 0.15) is 0 Å². The fraction of sp³-hybridized carbons (Fsp3) is 0.0667. The van der Waals surface area contributed by atoms with Gasteiger partial charge in [0.2, 0.25) is 0 Å². The van der Waals surface area contributed by atoms with Crippen molar-refractivity contribution in [3.05, 3.63) is 65.0 Å². The average Bonchev–Trinajstić information content (AvgIpc) is 2.93. The number of H-pyrrole nitrogens is 1. The lowest BCUT2D eigenvalue weighted by molar-refractivity contribution is -0.124. The molecule has 2 rings (SSSR count). The molecule has 0 radical (unpaired) electrons. The summed E-state index contributed by atoms with van der Waals surface area (Å²) in [6.07, 6.45) is 4.21. The van der Waals surface area contributed by atoms with E-state index in [2.05, 4.69) is 4.98 Å². The van der Waals surface area contributed by atoms with Crippen molar-refractivity contribution in [3.8, 4) is 0 Å². The summed E-state index contributed by atoms with van der Waals surface area (Å²) in [6.45, 7) is 1.96. The Labute approximate surface area is 115 Å². The van der Waals surface area contributed by atoms with E-state index >= 15 is 0 Å². The zero-order valence-electron chi connectivity index (χ0n) is 10.9. The monoisotopic (exact) mass is 270 g/mol. The van der Waals surface area contributed by atoms with Gasteiger partial charge in [0.15, 0.2) is 5.78 Å². The summed E-state index contributed by atoms with van der Waals surface area (Å²) in [7, 11) is 0. The van der Waals surface area contributed by atoms with Crippen LogP contribution >= 0.6 is 0 Å². The van der Waals surface area contributed by atoms with Crippen molar-refractivity contribution in [3.63, 3.8) is 0 Å². The van der Waals surface area contributed by atoms with Gasteiger partial charge >= 0.3 is 0 Å². The maximum Gasteiger partial charge on any atom is 0.267 e. The Morgan fingerprint density at radius 3 is 2.55 bits per heavy atom. The zero-order chi connectivity index (χ0) is 14.5. The van der Waals surface area contributed by atoms with E-state index in [9.17, 15) is 9.59 Å². The highest BCUT2D eigenvalue weighted by Gasteiger charge is 2.10. The molecule has 1 heterocycles. The third-order valence-corrected chi connectivity index (χ3v) is 2.81. The molecule has 5 heteroatoms. The molecule has 1 aromatic carbocycles. The number of carbonyl (C=O) groups is 2. The molecule has 1 aromatic heterocycles. The summed E-state index contributed by atoms with van der Waals surface area (Å²) in [6, 6.07) is 8.96. The predicted octanol–water partition coefficient (Wildman–Crippen LogP) is 2.07. The van der Waals surface area contributed by atoms with E-state index in [1.54, 1.807) is 24.4 Å². The molecule has 20 heavy (non-hydrogen) atoms. The van der Waals surface area contributed by atoms with E-state index < -0.39 is 5.91 Å². The number of hydroxylamine groups is 1. The van der Waals surface area contributed by atoms with Crippen LogP contribution < -0.4 is 5.48 Å². The van der Waals surface area contributed by atoms with Crippen LogP contribution in [0.5, 0.6) is 0 Å². The topological polar surface area (TPSA) is 82.2 Å². The Morgan fingerprint density at radius 2 is 1.90 bits per heavy atom. The van der Waals surface area contributed by atoms with Gasteiger partial charge in [0, 0.05) is 29.1 Å². The fourth-order valence-electron chi connectivity index (χ4n) is 1.71. The summed E-state index contributed by atoms with van der Waals surface area (Å²) < 4.78 is 0. The molecule has 3 N–H and O–H groups in total. The van der Waals surface area contributed by atoms with Crippen molar-refractivity contribution in [1.82, 2.24) is 10.5 Å². The van der Waals surface area contributed by atoms with Crippen LogP contribution in [0.25, 0.3) is 6.08 Å². The van der Waals surface area contributed by atoms with Crippen LogP contribution in [0, 0.1) is 6.92 Å². The molecule has 0 bridgehead atoms. The van der Waals surface area contributed by atoms with Gasteiger partial charge in [-0.2, -0.15) is 0 Å². The lowest BCUT2D eigenvalue weighted by atomic mass is 10.0. The molecule has 0 saturated heterocycles. The van der Waals surface area contributed by atoms with Crippen molar-refractivity contribution in [2.75, 3.05) is 0 Å². The molecule has 0 aliphatic heterocycles. The zero-order valence-corrected chi connectivity index (χ0v) is 10.9. The smallest absolute Gasteiger partial charge is 0.267 e. The molecule has 102 valence electrons. The Hall–Kier alpha value is -2.66. The maximum absolute atomic E-state index is 12.2. The number of carbonyl (C=O) groups excluding carboxylic acids is 2. The summed E-state index contributed by atoms with van der Waals surface area (Å²) in [5.74, 6) is -0.724. The SMILES string of the molecule is Cc1ccc(C(=O)c2c[nH]c(C=CC(=O)NO)c2)cc1. The van der Waals surface area contributed by atoms with E-state index in [1.807, 2.05) is 19.1 Å². The van der Waals surface area contributed by atoms with Gasteiger partial charge in [-0.25, -0.2) is 5.48 Å². The molecule has 0 spiro atoms. The first-order valence-electron chi connectivity index (χ1n) is 6.02. The van der Waals surface area contributed by atoms with Crippen molar-refractivity contribution in [1.29, 1.82) is 0 Å². The highest BCUT2D eigenvalue weighted by Crippen LogP contribution is 2.13. The minimum absolute atomic E-state index is 0.0903. The Morgan fingerprint density at radius 1 is 1.20 bits per heavy atom. The number of aromatic amines is 1. The summed E-state index contributed by atoms with van der Waals surface area (Å²) in [5.41, 5.74) is 4.30. The van der Waals surface area contributed by atoms with Crippen LogP contribution in [0.4, 0.5) is 0 Å². The number of hydrogen-bond acceptors (Lipinski definition) is 3. The molecule has 0 aliphatic rings. The summed E-state index contributed by atoms with van der Waals surface area (Å²) in [5, 5.41) is 8.36. The highest BCUT2D eigenvalue weighted by atomic mass is 16.5. The lowest BCUT2D eigenvalue weighted by Gasteiger charge is -1.98. The van der Waals surface area contributed by atoms with Gasteiger partial charge in [-0.1, -0.05) is 29.8 Å². The van der Waals surface area contributed by atoms with E-state index in [-0.39, 0.29) is 5.78 Å². The van der Waals surface area contributed by atoms with Gasteiger partial charge in [-0.15, -0.1) is 0 Å². The van der Waals surface area contributed by atoms with Crippen molar-refractivity contribution in [2.24, 2.45) is 0 Å². The van der Waals surface area contributed by atoms with Crippen LogP contribution in [0.15, 0.2) is 42.6 Å². The van der Waals surface area contributed by atoms with Crippen molar-refractivity contribution >= 4 is 17.8 Å². The first kappa shape index (κ1) is 13.8. The van der Waals surface area contributed by atoms with Gasteiger partial charge in [-0.3, -0.25) is 14.8 Å². The van der Waals surface area contributed by atoms with Crippen molar-refractivity contribution in [2.45, 2.75) is 6.92 Å². The number of rotatable bonds is 4. The number of nitrogens with one attached hydrogen (secondary N) is 2. The molecular formula is C15H14N2O3. The number of ketones is 1. The molecule has 2 aromatic rings. The van der Waals surface area contributed by atoms with Crippen LogP contribution in [0.3, 0.4) is 0 Å². The van der Waals surface area contributed by atoms with Crippen LogP contribution in [-0.2, 0) is 4.79 Å². The van der Waals surface area contributed by atoms with Gasteiger partial charge in [0.25, 0.3) is 5.91 Å².